The van der Waals surface area contributed by atoms with Crippen molar-refractivity contribution in [1.29, 1.82) is 0 Å². The summed E-state index contributed by atoms with van der Waals surface area (Å²) in [5.41, 5.74) is 1.46. The standard InChI is InChI=1S/C23H45N2Si/c1-25(2,22-23-16-11-10-12-17-23)20-14-9-7-5-3-4-6-8-13-18-24-19-15-21-26/h10-12,16-17,24H,3-9,13-15,18-22H2,1-2,26H3/q+1. The summed E-state index contributed by atoms with van der Waals surface area (Å²) in [5, 5.41) is 3.56. The Labute approximate surface area is 166 Å². The lowest BCUT2D eigenvalue weighted by Gasteiger charge is -2.30. The summed E-state index contributed by atoms with van der Waals surface area (Å²) in [6.45, 7) is 4.92. The molecular weight excluding hydrogens is 332 g/mol. The van der Waals surface area contributed by atoms with E-state index in [4.69, 9.17) is 0 Å². The van der Waals surface area contributed by atoms with Crippen molar-refractivity contribution in [2.75, 3.05) is 33.7 Å². The van der Waals surface area contributed by atoms with Crippen LogP contribution in [0.4, 0.5) is 0 Å². The number of benzene rings is 1. The third-order valence-corrected chi connectivity index (χ3v) is 5.98. The predicted molar refractivity (Wildman–Crippen MR) is 121 cm³/mol. The molecule has 1 aromatic carbocycles. The van der Waals surface area contributed by atoms with Gasteiger partial charge < -0.3 is 9.80 Å². The first-order valence-corrected chi connectivity index (χ1v) is 12.6. The van der Waals surface area contributed by atoms with Gasteiger partial charge in [-0.1, -0.05) is 74.9 Å². The Kier molecular flexibility index (Phi) is 13.9. The van der Waals surface area contributed by atoms with Gasteiger partial charge in [0.25, 0.3) is 0 Å². The zero-order chi connectivity index (χ0) is 18.9. The van der Waals surface area contributed by atoms with Crippen LogP contribution in [0, 0.1) is 0 Å². The van der Waals surface area contributed by atoms with Crippen LogP contribution in [0.15, 0.2) is 30.3 Å². The molecule has 1 aromatic rings. The van der Waals surface area contributed by atoms with Gasteiger partial charge in [0, 0.05) is 15.8 Å². The molecule has 2 nitrogen and oxygen atoms in total. The monoisotopic (exact) mass is 377 g/mol. The van der Waals surface area contributed by atoms with E-state index in [2.05, 4.69) is 49.7 Å². The van der Waals surface area contributed by atoms with Crippen molar-refractivity contribution in [2.24, 2.45) is 0 Å². The summed E-state index contributed by atoms with van der Waals surface area (Å²) in [4.78, 5) is 0. The van der Waals surface area contributed by atoms with E-state index in [1.807, 2.05) is 0 Å². The number of nitrogens with zero attached hydrogens (tertiary/aromatic N) is 1. The third-order valence-electron chi connectivity index (χ3n) is 5.28. The zero-order valence-electron chi connectivity index (χ0n) is 17.9. The van der Waals surface area contributed by atoms with E-state index >= 15 is 0 Å². The quantitative estimate of drug-likeness (QED) is 0.239. The van der Waals surface area contributed by atoms with Gasteiger partial charge >= 0.3 is 0 Å². The van der Waals surface area contributed by atoms with Gasteiger partial charge in [-0.2, -0.15) is 0 Å². The minimum atomic E-state index is 1.11. The lowest BCUT2D eigenvalue weighted by atomic mass is 10.1. The highest BCUT2D eigenvalue weighted by molar-refractivity contribution is 6.08. The molecule has 0 saturated heterocycles. The largest absolute Gasteiger partial charge is 0.325 e. The smallest absolute Gasteiger partial charge is 0.104 e. The van der Waals surface area contributed by atoms with Crippen molar-refractivity contribution in [2.45, 2.75) is 76.8 Å². The average molecular weight is 378 g/mol. The highest BCUT2D eigenvalue weighted by Crippen LogP contribution is 2.13. The van der Waals surface area contributed by atoms with Gasteiger partial charge in [0.05, 0.1) is 20.6 Å². The SMILES string of the molecule is C[N+](C)(CCCCCCCCCCCNCCC[SiH3])Cc1ccccc1. The molecule has 0 amide bonds. The normalized spacial score (nSPS) is 11.9. The summed E-state index contributed by atoms with van der Waals surface area (Å²) < 4.78 is 1.11. The third kappa shape index (κ3) is 13.5. The van der Waals surface area contributed by atoms with Crippen molar-refractivity contribution in [3.05, 3.63) is 35.9 Å². The van der Waals surface area contributed by atoms with E-state index < -0.39 is 0 Å². The molecule has 3 heteroatoms. The second kappa shape index (κ2) is 15.4. The van der Waals surface area contributed by atoms with E-state index in [-0.39, 0.29) is 0 Å². The van der Waals surface area contributed by atoms with Crippen LogP contribution in [0.3, 0.4) is 0 Å². The van der Waals surface area contributed by atoms with E-state index in [1.54, 1.807) is 0 Å². The van der Waals surface area contributed by atoms with Crippen molar-refractivity contribution in [3.8, 4) is 0 Å². The molecule has 0 bridgehead atoms. The van der Waals surface area contributed by atoms with Crippen LogP contribution in [-0.2, 0) is 6.54 Å². The van der Waals surface area contributed by atoms with E-state index in [1.165, 1.54) is 106 Å². The lowest BCUT2D eigenvalue weighted by molar-refractivity contribution is -0.903. The molecule has 0 heterocycles. The Morgan fingerprint density at radius 2 is 1.27 bits per heavy atom. The maximum Gasteiger partial charge on any atom is 0.104 e. The van der Waals surface area contributed by atoms with Crippen LogP contribution in [-0.4, -0.2) is 48.5 Å². The van der Waals surface area contributed by atoms with Gasteiger partial charge in [-0.3, -0.25) is 0 Å². The van der Waals surface area contributed by atoms with Crippen LogP contribution in [0.2, 0.25) is 6.04 Å². The van der Waals surface area contributed by atoms with Crippen molar-refractivity contribution in [1.82, 2.24) is 5.32 Å². The maximum absolute atomic E-state index is 3.56. The summed E-state index contributed by atoms with van der Waals surface area (Å²) in [6, 6.07) is 12.4. The fourth-order valence-corrected chi connectivity index (χ4v) is 3.96. The Bertz CT molecular complexity index is 419. The number of rotatable bonds is 17. The van der Waals surface area contributed by atoms with Gasteiger partial charge in [0.15, 0.2) is 0 Å². The Hall–Kier alpha value is -0.643. The highest BCUT2D eigenvalue weighted by atomic mass is 28.1. The first kappa shape index (κ1) is 23.4. The fourth-order valence-electron chi connectivity index (χ4n) is 3.61. The van der Waals surface area contributed by atoms with E-state index in [0.29, 0.717) is 0 Å². The van der Waals surface area contributed by atoms with Crippen LogP contribution >= 0.6 is 0 Å². The Morgan fingerprint density at radius 1 is 0.731 bits per heavy atom. The zero-order valence-corrected chi connectivity index (χ0v) is 19.9. The maximum atomic E-state index is 3.56. The molecular formula is C23H45N2Si+. The molecule has 150 valence electrons. The number of unbranched alkanes of at least 4 members (excludes halogenated alkanes) is 8. The number of nitrogens with one attached hydrogen (secondary N) is 1. The Morgan fingerprint density at radius 3 is 1.88 bits per heavy atom. The molecule has 0 fully saturated rings. The lowest BCUT2D eigenvalue weighted by Crippen LogP contribution is -2.39. The van der Waals surface area contributed by atoms with Crippen molar-refractivity contribution in [3.63, 3.8) is 0 Å². The first-order chi connectivity index (χ1) is 12.6. The van der Waals surface area contributed by atoms with Gasteiger partial charge in [-0.25, -0.2) is 0 Å². The summed E-state index contributed by atoms with van der Waals surface area (Å²) >= 11 is 0. The summed E-state index contributed by atoms with van der Waals surface area (Å²) in [7, 11) is 6.09. The molecule has 0 aliphatic rings. The van der Waals surface area contributed by atoms with E-state index in [9.17, 15) is 0 Å². The molecule has 0 spiro atoms. The minimum Gasteiger partial charge on any atom is -0.325 e. The molecule has 0 radical (unpaired) electrons. The molecule has 0 aliphatic heterocycles. The predicted octanol–water partition coefficient (Wildman–Crippen LogP) is 4.54. The van der Waals surface area contributed by atoms with Gasteiger partial charge in [-0.05, 0) is 38.8 Å². The molecule has 0 saturated carbocycles. The molecule has 26 heavy (non-hydrogen) atoms. The molecule has 1 rings (SSSR count). The highest BCUT2D eigenvalue weighted by Gasteiger charge is 2.14. The summed E-state index contributed by atoms with van der Waals surface area (Å²) in [6.07, 6.45) is 14.1. The first-order valence-electron chi connectivity index (χ1n) is 11.2. The topological polar surface area (TPSA) is 12.0 Å². The molecule has 0 atom stereocenters. The van der Waals surface area contributed by atoms with Crippen molar-refractivity contribution < 1.29 is 4.48 Å². The average Bonchev–Trinajstić information content (AvgIpc) is 2.62. The molecule has 0 unspecified atom stereocenters. The van der Waals surface area contributed by atoms with Crippen LogP contribution in [0.5, 0.6) is 0 Å². The van der Waals surface area contributed by atoms with Gasteiger partial charge in [0.1, 0.15) is 6.54 Å². The van der Waals surface area contributed by atoms with Crippen LogP contribution < -0.4 is 5.32 Å². The van der Waals surface area contributed by atoms with Crippen LogP contribution in [0.1, 0.15) is 69.8 Å². The minimum absolute atomic E-state index is 1.11. The van der Waals surface area contributed by atoms with Crippen molar-refractivity contribution >= 4 is 10.2 Å². The number of hydrogen-bond donors (Lipinski definition) is 1. The second-order valence-electron chi connectivity index (χ2n) is 8.59. The summed E-state index contributed by atoms with van der Waals surface area (Å²) in [5.74, 6) is 0. The molecule has 0 aliphatic carbocycles. The van der Waals surface area contributed by atoms with Crippen LogP contribution in [0.25, 0.3) is 0 Å². The molecule has 0 aromatic heterocycles. The Balaban J connectivity index is 1.87. The number of hydrogen-bond acceptors (Lipinski definition) is 1. The van der Waals surface area contributed by atoms with Gasteiger partial charge in [-0.15, -0.1) is 0 Å². The number of quaternary nitrogens is 1. The fraction of sp³-hybridized carbons (Fsp3) is 0.739. The van der Waals surface area contributed by atoms with Gasteiger partial charge in [0.2, 0.25) is 0 Å². The molecule has 1 N–H and O–H groups in total. The van der Waals surface area contributed by atoms with E-state index in [0.717, 1.165) is 11.0 Å². The second-order valence-corrected chi connectivity index (χ2v) is 9.59.